The molecule has 0 radical (unpaired) electrons. The SMILES string of the molecule is CN1CCCCC1Cn1cc[nH]c1=O. The van der Waals surface area contributed by atoms with Crippen molar-refractivity contribution in [2.24, 2.45) is 0 Å². The van der Waals surface area contributed by atoms with Crippen molar-refractivity contribution in [2.45, 2.75) is 31.8 Å². The molecule has 0 saturated carbocycles. The summed E-state index contributed by atoms with van der Waals surface area (Å²) in [5.74, 6) is 0. The third-order valence-corrected chi connectivity index (χ3v) is 3.05. The Morgan fingerprint density at radius 3 is 3.07 bits per heavy atom. The summed E-state index contributed by atoms with van der Waals surface area (Å²) in [4.78, 5) is 16.3. The van der Waals surface area contributed by atoms with Gasteiger partial charge in [0.2, 0.25) is 0 Å². The molecule has 4 heteroatoms. The van der Waals surface area contributed by atoms with Crippen molar-refractivity contribution in [1.82, 2.24) is 14.5 Å². The molecule has 1 aliphatic heterocycles. The molecule has 1 aromatic rings. The first kappa shape index (κ1) is 9.52. The average molecular weight is 195 g/mol. The van der Waals surface area contributed by atoms with E-state index in [0.717, 1.165) is 13.1 Å². The van der Waals surface area contributed by atoms with E-state index in [9.17, 15) is 4.79 Å². The summed E-state index contributed by atoms with van der Waals surface area (Å²) >= 11 is 0. The summed E-state index contributed by atoms with van der Waals surface area (Å²) in [6.07, 6.45) is 7.30. The largest absolute Gasteiger partial charge is 0.325 e. The van der Waals surface area contributed by atoms with Crippen LogP contribution in [0.5, 0.6) is 0 Å². The molecule has 0 aliphatic carbocycles. The maximum absolute atomic E-state index is 11.3. The molecule has 0 amide bonds. The molecule has 1 aromatic heterocycles. The minimum atomic E-state index is 0.00368. The molecule has 1 atom stereocenters. The molecule has 1 aliphatic rings. The van der Waals surface area contributed by atoms with Gasteiger partial charge in [-0.15, -0.1) is 0 Å². The quantitative estimate of drug-likeness (QED) is 0.753. The van der Waals surface area contributed by atoms with Gasteiger partial charge >= 0.3 is 5.69 Å². The summed E-state index contributed by atoms with van der Waals surface area (Å²) in [6.45, 7) is 1.97. The molecule has 0 spiro atoms. The molecule has 78 valence electrons. The fraction of sp³-hybridized carbons (Fsp3) is 0.700. The minimum Gasteiger partial charge on any atom is -0.313 e. The zero-order chi connectivity index (χ0) is 9.97. The zero-order valence-corrected chi connectivity index (χ0v) is 8.57. The lowest BCUT2D eigenvalue weighted by atomic mass is 10.0. The van der Waals surface area contributed by atoms with Gasteiger partial charge < -0.3 is 9.88 Å². The van der Waals surface area contributed by atoms with Gasteiger partial charge in [0.05, 0.1) is 0 Å². The molecule has 1 fully saturated rings. The van der Waals surface area contributed by atoms with Crippen molar-refractivity contribution in [1.29, 1.82) is 0 Å². The van der Waals surface area contributed by atoms with Crippen LogP contribution in [0.2, 0.25) is 0 Å². The third-order valence-electron chi connectivity index (χ3n) is 3.05. The number of aromatic amines is 1. The van der Waals surface area contributed by atoms with E-state index < -0.39 is 0 Å². The molecule has 0 aromatic carbocycles. The highest BCUT2D eigenvalue weighted by Gasteiger charge is 2.19. The highest BCUT2D eigenvalue weighted by molar-refractivity contribution is 4.81. The summed E-state index contributed by atoms with van der Waals surface area (Å²) in [5.41, 5.74) is 0.00368. The van der Waals surface area contributed by atoms with Crippen LogP contribution in [0.4, 0.5) is 0 Å². The van der Waals surface area contributed by atoms with E-state index in [0.29, 0.717) is 6.04 Å². The van der Waals surface area contributed by atoms with Crippen LogP contribution in [-0.2, 0) is 6.54 Å². The second-order valence-electron chi connectivity index (χ2n) is 4.05. The number of rotatable bonds is 2. The number of likely N-dealkylation sites (N-methyl/N-ethyl adjacent to an activating group) is 1. The van der Waals surface area contributed by atoms with Crippen LogP contribution in [-0.4, -0.2) is 34.1 Å². The highest BCUT2D eigenvalue weighted by Crippen LogP contribution is 2.15. The fourth-order valence-electron chi connectivity index (χ4n) is 2.09. The van der Waals surface area contributed by atoms with Crippen molar-refractivity contribution >= 4 is 0 Å². The first-order valence-corrected chi connectivity index (χ1v) is 5.21. The Bertz CT molecular complexity index is 341. The van der Waals surface area contributed by atoms with E-state index >= 15 is 0 Å². The maximum atomic E-state index is 11.3. The highest BCUT2D eigenvalue weighted by atomic mass is 16.1. The molecular weight excluding hydrogens is 178 g/mol. The van der Waals surface area contributed by atoms with Gasteiger partial charge in [0.1, 0.15) is 0 Å². The Morgan fingerprint density at radius 2 is 2.43 bits per heavy atom. The van der Waals surface area contributed by atoms with Gasteiger partial charge in [0.15, 0.2) is 0 Å². The van der Waals surface area contributed by atoms with Gasteiger partial charge in [-0.25, -0.2) is 4.79 Å². The smallest absolute Gasteiger partial charge is 0.313 e. The number of imidazole rings is 1. The third kappa shape index (κ3) is 1.90. The Kier molecular flexibility index (Phi) is 2.72. The van der Waals surface area contributed by atoms with Crippen LogP contribution >= 0.6 is 0 Å². The van der Waals surface area contributed by atoms with Gasteiger partial charge in [-0.1, -0.05) is 6.42 Å². The van der Waals surface area contributed by atoms with Crippen molar-refractivity contribution in [3.63, 3.8) is 0 Å². The van der Waals surface area contributed by atoms with Gasteiger partial charge in [-0.2, -0.15) is 0 Å². The molecule has 1 N–H and O–H groups in total. The molecule has 2 heterocycles. The summed E-state index contributed by atoms with van der Waals surface area (Å²) in [5, 5.41) is 0. The minimum absolute atomic E-state index is 0.00368. The molecule has 14 heavy (non-hydrogen) atoms. The Morgan fingerprint density at radius 1 is 1.57 bits per heavy atom. The van der Waals surface area contributed by atoms with E-state index in [4.69, 9.17) is 0 Å². The Hall–Kier alpha value is -1.03. The van der Waals surface area contributed by atoms with Gasteiger partial charge in [0.25, 0.3) is 0 Å². The van der Waals surface area contributed by atoms with Crippen molar-refractivity contribution in [3.8, 4) is 0 Å². The summed E-state index contributed by atoms with van der Waals surface area (Å²) < 4.78 is 1.76. The summed E-state index contributed by atoms with van der Waals surface area (Å²) in [7, 11) is 2.14. The number of piperidine rings is 1. The van der Waals surface area contributed by atoms with Gasteiger partial charge in [-0.05, 0) is 26.4 Å². The second kappa shape index (κ2) is 4.00. The monoisotopic (exact) mass is 195 g/mol. The van der Waals surface area contributed by atoms with Crippen molar-refractivity contribution in [2.75, 3.05) is 13.6 Å². The predicted molar refractivity (Wildman–Crippen MR) is 55.3 cm³/mol. The number of nitrogens with one attached hydrogen (secondary N) is 1. The van der Waals surface area contributed by atoms with Crippen molar-refractivity contribution in [3.05, 3.63) is 22.9 Å². The molecule has 1 saturated heterocycles. The van der Waals surface area contributed by atoms with Crippen molar-refractivity contribution < 1.29 is 0 Å². The standard InChI is InChI=1S/C10H17N3O/c1-12-6-3-2-4-9(12)8-13-7-5-11-10(13)14/h5,7,9H,2-4,6,8H2,1H3,(H,11,14). The normalized spacial score (nSPS) is 23.9. The summed E-state index contributed by atoms with van der Waals surface area (Å²) in [6, 6.07) is 0.525. The van der Waals surface area contributed by atoms with Gasteiger partial charge in [0, 0.05) is 25.0 Å². The van der Waals surface area contributed by atoms with E-state index in [1.807, 2.05) is 6.20 Å². The molecule has 1 unspecified atom stereocenters. The maximum Gasteiger partial charge on any atom is 0.325 e. The number of likely N-dealkylation sites (tertiary alicyclic amines) is 1. The topological polar surface area (TPSA) is 41.0 Å². The van der Waals surface area contributed by atoms with Gasteiger partial charge in [-0.3, -0.25) is 4.57 Å². The van der Waals surface area contributed by atoms with Crippen LogP contribution in [0.15, 0.2) is 17.2 Å². The first-order chi connectivity index (χ1) is 6.77. The lowest BCUT2D eigenvalue weighted by Gasteiger charge is -2.32. The van der Waals surface area contributed by atoms with Crippen LogP contribution in [0.3, 0.4) is 0 Å². The van der Waals surface area contributed by atoms with Crippen LogP contribution < -0.4 is 5.69 Å². The number of H-pyrrole nitrogens is 1. The number of hydrogen-bond acceptors (Lipinski definition) is 2. The number of hydrogen-bond donors (Lipinski definition) is 1. The van der Waals surface area contributed by atoms with E-state index in [1.165, 1.54) is 19.3 Å². The fourth-order valence-corrected chi connectivity index (χ4v) is 2.09. The Labute approximate surface area is 83.5 Å². The van der Waals surface area contributed by atoms with E-state index in [1.54, 1.807) is 10.8 Å². The predicted octanol–water partition coefficient (Wildman–Crippen LogP) is 0.661. The molecular formula is C10H17N3O. The second-order valence-corrected chi connectivity index (χ2v) is 4.05. The number of aromatic nitrogens is 2. The lowest BCUT2D eigenvalue weighted by Crippen LogP contribution is -2.40. The molecule has 0 bridgehead atoms. The van der Waals surface area contributed by atoms with E-state index in [2.05, 4.69) is 16.9 Å². The average Bonchev–Trinajstić information content (AvgIpc) is 2.56. The Balaban J connectivity index is 2.03. The number of nitrogens with zero attached hydrogens (tertiary/aromatic N) is 2. The van der Waals surface area contributed by atoms with Crippen LogP contribution in [0, 0.1) is 0 Å². The van der Waals surface area contributed by atoms with Crippen LogP contribution in [0.25, 0.3) is 0 Å². The van der Waals surface area contributed by atoms with Crippen LogP contribution in [0.1, 0.15) is 19.3 Å². The lowest BCUT2D eigenvalue weighted by molar-refractivity contribution is 0.166. The molecule has 2 rings (SSSR count). The zero-order valence-electron chi connectivity index (χ0n) is 8.57. The molecule has 4 nitrogen and oxygen atoms in total. The first-order valence-electron chi connectivity index (χ1n) is 5.21. The van der Waals surface area contributed by atoms with E-state index in [-0.39, 0.29) is 5.69 Å².